The molecule has 0 spiro atoms. The van der Waals surface area contributed by atoms with Gasteiger partial charge in [-0.25, -0.2) is 15.0 Å². The number of hydrogen-bond donors (Lipinski definition) is 2. The van der Waals surface area contributed by atoms with Crippen molar-refractivity contribution in [2.75, 3.05) is 12.3 Å². The first kappa shape index (κ1) is 20.9. The first-order valence-electron chi connectivity index (χ1n) is 9.43. The molecule has 7 nitrogen and oxygen atoms in total. The number of aryl methyl sites for hydroxylation is 2. The van der Waals surface area contributed by atoms with Crippen molar-refractivity contribution in [2.45, 2.75) is 33.6 Å². The van der Waals surface area contributed by atoms with Gasteiger partial charge in [-0.15, -0.1) is 0 Å². The Kier molecular flexibility index (Phi) is 4.97. The quantitative estimate of drug-likeness (QED) is 0.501. The number of aromatic hydroxyl groups is 1. The summed E-state index contributed by atoms with van der Waals surface area (Å²) in [6, 6.07) is 5.10. The van der Waals surface area contributed by atoms with Crippen LogP contribution in [0.25, 0.3) is 27.8 Å². The van der Waals surface area contributed by atoms with Crippen LogP contribution in [-0.2, 0) is 11.3 Å². The lowest BCUT2D eigenvalue weighted by atomic mass is 10.1. The summed E-state index contributed by atoms with van der Waals surface area (Å²) >= 11 is 0. The Morgan fingerprint density at radius 2 is 1.87 bits per heavy atom. The molecule has 0 aliphatic rings. The Hall–Kier alpha value is -3.40. The summed E-state index contributed by atoms with van der Waals surface area (Å²) < 4.78 is 44.1. The Bertz CT molecular complexity index is 1310. The highest BCUT2D eigenvalue weighted by molar-refractivity contribution is 6.11. The van der Waals surface area contributed by atoms with E-state index in [-0.39, 0.29) is 18.2 Å². The standard InChI is InChI=1S/C21H20F3N5O2/c1-10-4-5-15(30)11(2)17(10)29-19-14(16-18(25)26-9-27-20(16)29)6-13(12(3)28-19)7-31-8-21(22,23)24/h4-6,9,30H,7-8H2,1-3H3,(H2,25,26,27). The Morgan fingerprint density at radius 1 is 1.13 bits per heavy atom. The second-order valence-corrected chi connectivity index (χ2v) is 7.38. The van der Waals surface area contributed by atoms with Gasteiger partial charge in [-0.3, -0.25) is 4.57 Å². The number of fused-ring (bicyclic) bond motifs is 3. The maximum atomic E-state index is 12.5. The minimum absolute atomic E-state index is 0.117. The largest absolute Gasteiger partial charge is 0.508 e. The van der Waals surface area contributed by atoms with Gasteiger partial charge >= 0.3 is 6.18 Å². The molecule has 31 heavy (non-hydrogen) atoms. The zero-order chi connectivity index (χ0) is 22.5. The molecule has 4 rings (SSSR count). The average molecular weight is 431 g/mol. The molecule has 3 aromatic heterocycles. The van der Waals surface area contributed by atoms with Gasteiger partial charge in [0, 0.05) is 16.6 Å². The van der Waals surface area contributed by atoms with E-state index in [0.717, 1.165) is 5.56 Å². The number of hydrogen-bond acceptors (Lipinski definition) is 6. The number of nitrogens with zero attached hydrogens (tertiary/aromatic N) is 4. The Balaban J connectivity index is 1.99. The van der Waals surface area contributed by atoms with Crippen molar-refractivity contribution in [3.05, 3.63) is 46.9 Å². The molecule has 0 saturated carbocycles. The molecule has 3 N–H and O–H groups in total. The fourth-order valence-corrected chi connectivity index (χ4v) is 3.71. The summed E-state index contributed by atoms with van der Waals surface area (Å²) in [5.74, 6) is 0.337. The van der Waals surface area contributed by atoms with Gasteiger partial charge in [0.05, 0.1) is 17.7 Å². The van der Waals surface area contributed by atoms with Crippen LogP contribution in [0, 0.1) is 20.8 Å². The molecule has 0 saturated heterocycles. The van der Waals surface area contributed by atoms with Gasteiger partial charge in [0.2, 0.25) is 0 Å². The third kappa shape index (κ3) is 3.63. The summed E-state index contributed by atoms with van der Waals surface area (Å²) in [5.41, 5.74) is 10.4. The zero-order valence-corrected chi connectivity index (χ0v) is 17.1. The van der Waals surface area contributed by atoms with E-state index in [0.29, 0.717) is 44.6 Å². The normalized spacial score (nSPS) is 12.2. The van der Waals surface area contributed by atoms with Crippen LogP contribution in [0.15, 0.2) is 24.5 Å². The van der Waals surface area contributed by atoms with E-state index in [2.05, 4.69) is 15.0 Å². The lowest BCUT2D eigenvalue weighted by Gasteiger charge is -2.15. The first-order valence-corrected chi connectivity index (χ1v) is 9.43. The van der Waals surface area contributed by atoms with Crippen molar-refractivity contribution >= 4 is 27.9 Å². The highest BCUT2D eigenvalue weighted by Crippen LogP contribution is 2.37. The Morgan fingerprint density at radius 3 is 2.58 bits per heavy atom. The zero-order valence-electron chi connectivity index (χ0n) is 17.1. The summed E-state index contributed by atoms with van der Waals surface area (Å²) in [4.78, 5) is 13.1. The third-order valence-electron chi connectivity index (χ3n) is 5.20. The molecule has 0 amide bonds. The summed E-state index contributed by atoms with van der Waals surface area (Å²) in [5, 5.41) is 11.4. The molecule has 10 heteroatoms. The third-order valence-corrected chi connectivity index (χ3v) is 5.20. The number of halogens is 3. The van der Waals surface area contributed by atoms with Crippen LogP contribution in [0.3, 0.4) is 0 Å². The first-order chi connectivity index (χ1) is 14.6. The number of pyridine rings is 1. The van der Waals surface area contributed by atoms with Crippen molar-refractivity contribution in [1.82, 2.24) is 19.5 Å². The predicted octanol–water partition coefficient (Wildman–Crippen LogP) is 4.26. The molecule has 3 heterocycles. The number of aromatic nitrogens is 4. The molecule has 1 aromatic carbocycles. The van der Waals surface area contributed by atoms with Crippen molar-refractivity contribution < 1.29 is 23.0 Å². The number of ether oxygens (including phenoxy) is 1. The van der Waals surface area contributed by atoms with Crippen LogP contribution in [0.1, 0.15) is 22.4 Å². The number of phenolic OH excluding ortho intramolecular Hbond substituents is 1. The molecular weight excluding hydrogens is 411 g/mol. The van der Waals surface area contributed by atoms with Crippen molar-refractivity contribution in [1.29, 1.82) is 0 Å². The molecule has 0 aliphatic heterocycles. The average Bonchev–Trinajstić information content (AvgIpc) is 2.99. The fourth-order valence-electron chi connectivity index (χ4n) is 3.71. The van der Waals surface area contributed by atoms with Crippen LogP contribution in [0.4, 0.5) is 19.0 Å². The molecule has 0 unspecified atom stereocenters. The van der Waals surface area contributed by atoms with E-state index in [1.54, 1.807) is 36.6 Å². The molecule has 0 aliphatic carbocycles. The van der Waals surface area contributed by atoms with E-state index in [1.807, 2.05) is 6.92 Å². The van der Waals surface area contributed by atoms with Gasteiger partial charge in [-0.05, 0) is 44.0 Å². The van der Waals surface area contributed by atoms with E-state index in [1.165, 1.54) is 6.33 Å². The predicted molar refractivity (Wildman–Crippen MR) is 110 cm³/mol. The SMILES string of the molecule is Cc1ccc(O)c(C)c1-n1c2nc(C)c(COCC(F)(F)F)cc2c2c(N)ncnc21. The summed E-state index contributed by atoms with van der Waals surface area (Å²) in [6.07, 6.45) is -3.08. The molecular formula is C21H20F3N5O2. The van der Waals surface area contributed by atoms with Gasteiger partial charge in [0.1, 0.15) is 30.1 Å². The summed E-state index contributed by atoms with van der Waals surface area (Å²) in [6.45, 7) is 3.78. The van der Waals surface area contributed by atoms with Crippen molar-refractivity contribution in [2.24, 2.45) is 0 Å². The number of nitrogen functional groups attached to an aromatic ring is 1. The van der Waals surface area contributed by atoms with Gasteiger partial charge in [-0.1, -0.05) is 6.07 Å². The number of rotatable bonds is 4. The molecule has 162 valence electrons. The van der Waals surface area contributed by atoms with E-state index < -0.39 is 12.8 Å². The maximum Gasteiger partial charge on any atom is 0.411 e. The maximum absolute atomic E-state index is 12.5. The van der Waals surface area contributed by atoms with Crippen LogP contribution in [0.5, 0.6) is 5.75 Å². The number of nitrogens with two attached hydrogens (primary N) is 1. The second kappa shape index (κ2) is 7.38. The minimum Gasteiger partial charge on any atom is -0.508 e. The lowest BCUT2D eigenvalue weighted by Crippen LogP contribution is -2.17. The summed E-state index contributed by atoms with van der Waals surface area (Å²) in [7, 11) is 0. The minimum atomic E-state index is -4.41. The molecule has 0 atom stereocenters. The number of anilines is 1. The molecule has 0 fully saturated rings. The molecule has 0 bridgehead atoms. The highest BCUT2D eigenvalue weighted by atomic mass is 19.4. The van der Waals surface area contributed by atoms with Crippen LogP contribution in [-0.4, -0.2) is 37.4 Å². The number of phenols is 1. The number of benzene rings is 1. The van der Waals surface area contributed by atoms with E-state index >= 15 is 0 Å². The topological polar surface area (TPSA) is 99.1 Å². The van der Waals surface area contributed by atoms with Crippen LogP contribution in [0.2, 0.25) is 0 Å². The van der Waals surface area contributed by atoms with E-state index in [9.17, 15) is 18.3 Å². The smallest absolute Gasteiger partial charge is 0.411 e. The van der Waals surface area contributed by atoms with E-state index in [4.69, 9.17) is 10.5 Å². The van der Waals surface area contributed by atoms with Gasteiger partial charge < -0.3 is 15.6 Å². The number of alkyl halides is 3. The molecule has 0 radical (unpaired) electrons. The van der Waals surface area contributed by atoms with Crippen LogP contribution < -0.4 is 5.73 Å². The Labute approximate surface area is 175 Å². The van der Waals surface area contributed by atoms with Gasteiger partial charge in [0.15, 0.2) is 5.65 Å². The highest BCUT2D eigenvalue weighted by Gasteiger charge is 2.28. The second-order valence-electron chi connectivity index (χ2n) is 7.38. The lowest BCUT2D eigenvalue weighted by molar-refractivity contribution is -0.176. The van der Waals surface area contributed by atoms with Gasteiger partial charge in [0.25, 0.3) is 0 Å². The van der Waals surface area contributed by atoms with Crippen molar-refractivity contribution in [3.8, 4) is 11.4 Å². The fraction of sp³-hybridized carbons (Fsp3) is 0.286. The monoisotopic (exact) mass is 431 g/mol. The van der Waals surface area contributed by atoms with Crippen LogP contribution >= 0.6 is 0 Å². The van der Waals surface area contributed by atoms with Gasteiger partial charge in [-0.2, -0.15) is 13.2 Å². The van der Waals surface area contributed by atoms with Crippen molar-refractivity contribution in [3.63, 3.8) is 0 Å². The molecule has 4 aromatic rings.